The molecule has 1 amide bonds. The van der Waals surface area contributed by atoms with Crippen molar-refractivity contribution in [3.05, 3.63) is 54.1 Å². The monoisotopic (exact) mass is 257 g/mol. The molecule has 2 rings (SSSR count). The zero-order valence-electron chi connectivity index (χ0n) is 10.6. The number of hydrogen-bond donors (Lipinski definition) is 1. The Kier molecular flexibility index (Phi) is 4.39. The van der Waals surface area contributed by atoms with Crippen molar-refractivity contribution in [2.24, 2.45) is 0 Å². The van der Waals surface area contributed by atoms with Gasteiger partial charge in [-0.1, -0.05) is 18.2 Å². The highest BCUT2D eigenvalue weighted by atomic mass is 16.5. The van der Waals surface area contributed by atoms with E-state index in [9.17, 15) is 4.79 Å². The second-order valence-corrected chi connectivity index (χ2v) is 3.93. The first kappa shape index (κ1) is 13.0. The molecule has 4 nitrogen and oxygen atoms in total. The number of ether oxygens (including phenoxy) is 2. The lowest BCUT2D eigenvalue weighted by Gasteiger charge is -2.08. The number of carbonyl (C=O) groups excluding carboxylic acids is 1. The van der Waals surface area contributed by atoms with Gasteiger partial charge in [0.2, 0.25) is 6.41 Å². The van der Waals surface area contributed by atoms with Crippen LogP contribution in [0.25, 0.3) is 0 Å². The largest absolute Gasteiger partial charge is 0.497 e. The lowest BCUT2D eigenvalue weighted by atomic mass is 10.2. The molecule has 0 unspecified atom stereocenters. The summed E-state index contributed by atoms with van der Waals surface area (Å²) in [4.78, 5) is 10.4. The van der Waals surface area contributed by atoms with Crippen molar-refractivity contribution in [3.63, 3.8) is 0 Å². The minimum Gasteiger partial charge on any atom is -0.497 e. The smallest absolute Gasteiger partial charge is 0.211 e. The van der Waals surface area contributed by atoms with Gasteiger partial charge < -0.3 is 14.8 Å². The van der Waals surface area contributed by atoms with Crippen LogP contribution in [0.3, 0.4) is 0 Å². The van der Waals surface area contributed by atoms with Crippen molar-refractivity contribution in [2.75, 3.05) is 12.4 Å². The average molecular weight is 257 g/mol. The standard InChI is InChI=1S/C15H15NO3/c1-18-14-7-5-12(6-8-14)10-19-15-4-2-3-13(9-15)16-11-17/h2-9,11H,10H2,1H3,(H,16,17). The zero-order valence-corrected chi connectivity index (χ0v) is 10.6. The van der Waals surface area contributed by atoms with Gasteiger partial charge >= 0.3 is 0 Å². The van der Waals surface area contributed by atoms with E-state index in [2.05, 4.69) is 5.32 Å². The molecule has 0 bridgehead atoms. The molecule has 4 heteroatoms. The van der Waals surface area contributed by atoms with E-state index in [4.69, 9.17) is 9.47 Å². The fourth-order valence-electron chi connectivity index (χ4n) is 1.63. The lowest BCUT2D eigenvalue weighted by Crippen LogP contribution is -1.97. The molecule has 1 N–H and O–H groups in total. The topological polar surface area (TPSA) is 47.6 Å². The van der Waals surface area contributed by atoms with E-state index < -0.39 is 0 Å². The van der Waals surface area contributed by atoms with Crippen LogP contribution in [-0.4, -0.2) is 13.5 Å². The number of hydrogen-bond acceptors (Lipinski definition) is 3. The van der Waals surface area contributed by atoms with Gasteiger partial charge in [0.1, 0.15) is 18.1 Å². The number of benzene rings is 2. The van der Waals surface area contributed by atoms with Crippen LogP contribution in [-0.2, 0) is 11.4 Å². The van der Waals surface area contributed by atoms with Gasteiger partial charge in [0.05, 0.1) is 7.11 Å². The summed E-state index contributed by atoms with van der Waals surface area (Å²) in [5, 5.41) is 2.58. The Labute approximate surface area is 112 Å². The summed E-state index contributed by atoms with van der Waals surface area (Å²) in [5.74, 6) is 1.53. The summed E-state index contributed by atoms with van der Waals surface area (Å²) in [5.41, 5.74) is 1.76. The molecule has 0 radical (unpaired) electrons. The first-order valence-corrected chi connectivity index (χ1v) is 5.88. The molecule has 0 fully saturated rings. The van der Waals surface area contributed by atoms with Crippen LogP contribution in [0.2, 0.25) is 0 Å². The maximum Gasteiger partial charge on any atom is 0.211 e. The van der Waals surface area contributed by atoms with Gasteiger partial charge in [-0.25, -0.2) is 0 Å². The molecule has 19 heavy (non-hydrogen) atoms. The minimum atomic E-state index is 0.467. The van der Waals surface area contributed by atoms with Crippen molar-refractivity contribution in [2.45, 2.75) is 6.61 Å². The molecular formula is C15H15NO3. The SMILES string of the molecule is COc1ccc(COc2cccc(NC=O)c2)cc1. The van der Waals surface area contributed by atoms with Crippen molar-refractivity contribution >= 4 is 12.1 Å². The van der Waals surface area contributed by atoms with Gasteiger partial charge in [-0.3, -0.25) is 4.79 Å². The van der Waals surface area contributed by atoms with Gasteiger partial charge in [-0.05, 0) is 29.8 Å². The Balaban J connectivity index is 1.97. The molecule has 0 aliphatic carbocycles. The number of anilines is 1. The van der Waals surface area contributed by atoms with Gasteiger partial charge in [-0.15, -0.1) is 0 Å². The molecule has 0 aromatic heterocycles. The predicted octanol–water partition coefficient (Wildman–Crippen LogP) is 2.84. The molecule has 0 aliphatic rings. The first-order chi connectivity index (χ1) is 9.31. The van der Waals surface area contributed by atoms with E-state index in [0.29, 0.717) is 24.5 Å². The minimum absolute atomic E-state index is 0.467. The number of carbonyl (C=O) groups is 1. The van der Waals surface area contributed by atoms with Crippen molar-refractivity contribution in [3.8, 4) is 11.5 Å². The van der Waals surface area contributed by atoms with Crippen LogP contribution in [0, 0.1) is 0 Å². The van der Waals surface area contributed by atoms with Gasteiger partial charge in [-0.2, -0.15) is 0 Å². The molecule has 2 aromatic carbocycles. The van der Waals surface area contributed by atoms with Gasteiger partial charge in [0.15, 0.2) is 0 Å². The van der Waals surface area contributed by atoms with Crippen LogP contribution in [0.4, 0.5) is 5.69 Å². The Morgan fingerprint density at radius 2 is 1.89 bits per heavy atom. The number of nitrogens with one attached hydrogen (secondary N) is 1. The molecule has 2 aromatic rings. The molecule has 0 spiro atoms. The summed E-state index contributed by atoms with van der Waals surface area (Å²) in [6, 6.07) is 14.9. The molecule has 0 atom stereocenters. The summed E-state index contributed by atoms with van der Waals surface area (Å²) in [7, 11) is 1.64. The highest BCUT2D eigenvalue weighted by Gasteiger charge is 1.98. The van der Waals surface area contributed by atoms with Crippen molar-refractivity contribution in [1.82, 2.24) is 0 Å². The summed E-state index contributed by atoms with van der Waals surface area (Å²) in [6.07, 6.45) is 0.641. The average Bonchev–Trinajstić information content (AvgIpc) is 2.46. The van der Waals surface area contributed by atoms with Crippen LogP contribution >= 0.6 is 0 Å². The Hall–Kier alpha value is -2.49. The van der Waals surface area contributed by atoms with E-state index in [1.165, 1.54) is 0 Å². The van der Waals surface area contributed by atoms with Crippen LogP contribution in [0.5, 0.6) is 11.5 Å². The third-order valence-corrected chi connectivity index (χ3v) is 2.62. The number of amides is 1. The van der Waals surface area contributed by atoms with Crippen LogP contribution in [0.1, 0.15) is 5.56 Å². The zero-order chi connectivity index (χ0) is 13.5. The van der Waals surface area contributed by atoms with E-state index in [-0.39, 0.29) is 0 Å². The quantitative estimate of drug-likeness (QED) is 0.809. The molecular weight excluding hydrogens is 242 g/mol. The van der Waals surface area contributed by atoms with E-state index in [1.54, 1.807) is 19.2 Å². The van der Waals surface area contributed by atoms with E-state index in [0.717, 1.165) is 11.3 Å². The summed E-state index contributed by atoms with van der Waals surface area (Å²) < 4.78 is 10.7. The van der Waals surface area contributed by atoms with Crippen LogP contribution < -0.4 is 14.8 Å². The van der Waals surface area contributed by atoms with Gasteiger partial charge in [0.25, 0.3) is 0 Å². The fourth-order valence-corrected chi connectivity index (χ4v) is 1.63. The first-order valence-electron chi connectivity index (χ1n) is 5.88. The van der Waals surface area contributed by atoms with E-state index >= 15 is 0 Å². The summed E-state index contributed by atoms with van der Waals surface area (Å²) >= 11 is 0. The van der Waals surface area contributed by atoms with E-state index in [1.807, 2.05) is 36.4 Å². The highest BCUT2D eigenvalue weighted by molar-refractivity contribution is 5.71. The molecule has 0 aliphatic heterocycles. The number of rotatable bonds is 6. The maximum absolute atomic E-state index is 10.4. The predicted molar refractivity (Wildman–Crippen MR) is 73.5 cm³/mol. The molecule has 0 saturated carbocycles. The Morgan fingerprint density at radius 1 is 1.11 bits per heavy atom. The Morgan fingerprint density at radius 3 is 2.58 bits per heavy atom. The van der Waals surface area contributed by atoms with Crippen LogP contribution in [0.15, 0.2) is 48.5 Å². The molecule has 0 saturated heterocycles. The van der Waals surface area contributed by atoms with Crippen molar-refractivity contribution < 1.29 is 14.3 Å². The maximum atomic E-state index is 10.4. The number of methoxy groups -OCH3 is 1. The summed E-state index contributed by atoms with van der Waals surface area (Å²) in [6.45, 7) is 0.467. The van der Waals surface area contributed by atoms with Crippen molar-refractivity contribution in [1.29, 1.82) is 0 Å². The second kappa shape index (κ2) is 6.44. The molecule has 98 valence electrons. The van der Waals surface area contributed by atoms with Gasteiger partial charge in [0, 0.05) is 11.8 Å². The third kappa shape index (κ3) is 3.74. The second-order valence-electron chi connectivity index (χ2n) is 3.93. The lowest BCUT2D eigenvalue weighted by molar-refractivity contribution is -0.105. The third-order valence-electron chi connectivity index (χ3n) is 2.62. The molecule has 0 heterocycles. The Bertz CT molecular complexity index is 537. The highest BCUT2D eigenvalue weighted by Crippen LogP contribution is 2.19. The fraction of sp³-hybridized carbons (Fsp3) is 0.133. The normalized spacial score (nSPS) is 9.74.